The summed E-state index contributed by atoms with van der Waals surface area (Å²) >= 11 is 5.26. The molecule has 0 saturated heterocycles. The van der Waals surface area contributed by atoms with Crippen LogP contribution in [0.4, 0.5) is 0 Å². The van der Waals surface area contributed by atoms with Gasteiger partial charge in [0.2, 0.25) is 0 Å². The molecular formula is C21H23N5OS. The second kappa shape index (κ2) is 9.77. The monoisotopic (exact) mass is 393 g/mol. The van der Waals surface area contributed by atoms with Gasteiger partial charge in [0.05, 0.1) is 18.5 Å². The fraction of sp³-hybridized carbons (Fsp3) is 0.190. The molecule has 1 atom stereocenters. The molecule has 0 amide bonds. The Morgan fingerprint density at radius 3 is 2.54 bits per heavy atom. The van der Waals surface area contributed by atoms with Crippen LogP contribution in [0.5, 0.6) is 0 Å². The van der Waals surface area contributed by atoms with Crippen molar-refractivity contribution in [2.45, 2.75) is 13.0 Å². The number of aromatic nitrogens is 2. The highest BCUT2D eigenvalue weighted by molar-refractivity contribution is 7.80. The molecule has 0 fully saturated rings. The zero-order valence-corrected chi connectivity index (χ0v) is 16.7. The van der Waals surface area contributed by atoms with Crippen LogP contribution in [0, 0.1) is 0 Å². The first kappa shape index (κ1) is 19.7. The molecule has 7 heteroatoms. The molecule has 0 bridgehead atoms. The van der Waals surface area contributed by atoms with Crippen molar-refractivity contribution < 1.29 is 4.74 Å². The Bertz CT molecular complexity index is 924. The number of hydrogen-bond donors (Lipinski definition) is 2. The fourth-order valence-corrected chi connectivity index (χ4v) is 2.98. The zero-order chi connectivity index (χ0) is 19.8. The quantitative estimate of drug-likeness (QED) is 0.366. The summed E-state index contributed by atoms with van der Waals surface area (Å²) in [4.78, 5) is 0. The van der Waals surface area contributed by atoms with E-state index in [1.807, 2.05) is 78.5 Å². The molecule has 0 aliphatic rings. The highest BCUT2D eigenvalue weighted by Gasteiger charge is 2.11. The molecule has 1 heterocycles. The van der Waals surface area contributed by atoms with Gasteiger partial charge in [-0.15, -0.1) is 0 Å². The van der Waals surface area contributed by atoms with E-state index < -0.39 is 0 Å². The third-order valence-electron chi connectivity index (χ3n) is 3.97. The lowest BCUT2D eigenvalue weighted by Gasteiger charge is -2.13. The van der Waals surface area contributed by atoms with Gasteiger partial charge in [-0.3, -0.25) is 5.43 Å². The van der Waals surface area contributed by atoms with E-state index >= 15 is 0 Å². The Hall–Kier alpha value is -3.03. The fourth-order valence-electron chi connectivity index (χ4n) is 2.72. The van der Waals surface area contributed by atoms with Gasteiger partial charge in [-0.05, 0) is 31.3 Å². The molecule has 2 N–H and O–H groups in total. The number of nitrogens with one attached hydrogen (secondary N) is 2. The summed E-state index contributed by atoms with van der Waals surface area (Å²) in [6.07, 6.45) is 3.68. The summed E-state index contributed by atoms with van der Waals surface area (Å²) in [6, 6.07) is 20.1. The van der Waals surface area contributed by atoms with Crippen LogP contribution in [0.25, 0.3) is 16.9 Å². The molecule has 0 saturated carbocycles. The molecule has 0 spiro atoms. The third kappa shape index (κ3) is 5.25. The normalized spacial score (nSPS) is 12.1. The van der Waals surface area contributed by atoms with Gasteiger partial charge >= 0.3 is 0 Å². The molecule has 6 nitrogen and oxygen atoms in total. The largest absolute Gasteiger partial charge is 0.383 e. The smallest absolute Gasteiger partial charge is 0.187 e. The number of methoxy groups -OCH3 is 1. The lowest BCUT2D eigenvalue weighted by Crippen LogP contribution is -2.40. The second-order valence-electron chi connectivity index (χ2n) is 6.28. The number of benzene rings is 2. The van der Waals surface area contributed by atoms with Crippen molar-refractivity contribution in [3.8, 4) is 16.9 Å². The summed E-state index contributed by atoms with van der Waals surface area (Å²) in [5.74, 6) is 0. The first-order valence-electron chi connectivity index (χ1n) is 8.96. The molecule has 28 heavy (non-hydrogen) atoms. The van der Waals surface area contributed by atoms with Crippen LogP contribution >= 0.6 is 12.2 Å². The van der Waals surface area contributed by atoms with Crippen molar-refractivity contribution in [3.05, 3.63) is 72.4 Å². The SMILES string of the molecule is COC[C@H](C)NC(=S)N/N=C\c1cn(-c2ccccc2)nc1-c1ccccc1. The van der Waals surface area contributed by atoms with Crippen molar-refractivity contribution in [3.63, 3.8) is 0 Å². The minimum absolute atomic E-state index is 0.0981. The van der Waals surface area contributed by atoms with Gasteiger partial charge in [-0.25, -0.2) is 4.68 Å². The average molecular weight is 394 g/mol. The molecule has 0 radical (unpaired) electrons. The standard InChI is InChI=1S/C21H23N5OS/c1-16(15-27-2)23-21(28)24-22-13-18-14-26(19-11-7-4-8-12-19)25-20(18)17-9-5-3-6-10-17/h3-14,16H,15H2,1-2H3,(H2,23,24,28)/b22-13-/t16-/m0/s1. The van der Waals surface area contributed by atoms with Gasteiger partial charge in [-0.1, -0.05) is 48.5 Å². The van der Waals surface area contributed by atoms with Crippen LogP contribution in [0.2, 0.25) is 0 Å². The molecule has 144 valence electrons. The Balaban J connectivity index is 1.81. The van der Waals surface area contributed by atoms with E-state index in [0.717, 1.165) is 22.5 Å². The minimum Gasteiger partial charge on any atom is -0.383 e. The van der Waals surface area contributed by atoms with E-state index in [9.17, 15) is 0 Å². The predicted molar refractivity (Wildman–Crippen MR) is 117 cm³/mol. The lowest BCUT2D eigenvalue weighted by atomic mass is 10.1. The van der Waals surface area contributed by atoms with E-state index in [1.54, 1.807) is 13.3 Å². The van der Waals surface area contributed by atoms with Crippen molar-refractivity contribution >= 4 is 23.5 Å². The number of para-hydroxylation sites is 1. The van der Waals surface area contributed by atoms with Crippen molar-refractivity contribution in [1.82, 2.24) is 20.5 Å². The number of hydrazone groups is 1. The van der Waals surface area contributed by atoms with Gasteiger partial charge in [0.15, 0.2) is 5.11 Å². The Morgan fingerprint density at radius 1 is 1.18 bits per heavy atom. The van der Waals surface area contributed by atoms with E-state index in [4.69, 9.17) is 22.1 Å². The van der Waals surface area contributed by atoms with Gasteiger partial charge in [0.25, 0.3) is 0 Å². The Morgan fingerprint density at radius 2 is 1.86 bits per heavy atom. The summed E-state index contributed by atoms with van der Waals surface area (Å²) in [5, 5.41) is 12.6. The number of nitrogens with zero attached hydrogens (tertiary/aromatic N) is 3. The highest BCUT2D eigenvalue weighted by Crippen LogP contribution is 2.22. The van der Waals surface area contributed by atoms with Crippen LogP contribution in [0.3, 0.4) is 0 Å². The van der Waals surface area contributed by atoms with E-state index in [1.165, 1.54) is 0 Å². The minimum atomic E-state index is 0.0981. The molecule has 3 rings (SSSR count). The number of rotatable bonds is 7. The molecule has 0 unspecified atom stereocenters. The summed E-state index contributed by atoms with van der Waals surface area (Å²) in [6.45, 7) is 2.55. The maximum absolute atomic E-state index is 5.26. The van der Waals surface area contributed by atoms with E-state index in [2.05, 4.69) is 15.8 Å². The zero-order valence-electron chi connectivity index (χ0n) is 15.9. The van der Waals surface area contributed by atoms with Crippen LogP contribution < -0.4 is 10.7 Å². The van der Waals surface area contributed by atoms with Crippen LogP contribution in [0.15, 0.2) is 72.0 Å². The molecular weight excluding hydrogens is 370 g/mol. The Kier molecular flexibility index (Phi) is 6.89. The first-order valence-corrected chi connectivity index (χ1v) is 9.37. The number of ether oxygens (including phenoxy) is 1. The number of thiocarbonyl (C=S) groups is 1. The molecule has 2 aromatic carbocycles. The molecule has 0 aliphatic heterocycles. The van der Waals surface area contributed by atoms with Gasteiger partial charge < -0.3 is 10.1 Å². The van der Waals surface area contributed by atoms with Crippen molar-refractivity contribution in [2.24, 2.45) is 5.10 Å². The van der Waals surface area contributed by atoms with E-state index in [-0.39, 0.29) is 6.04 Å². The maximum atomic E-state index is 5.26. The lowest BCUT2D eigenvalue weighted by molar-refractivity contribution is 0.179. The number of hydrogen-bond acceptors (Lipinski definition) is 4. The van der Waals surface area contributed by atoms with Gasteiger partial charge in [0, 0.05) is 30.5 Å². The van der Waals surface area contributed by atoms with Crippen LogP contribution in [-0.2, 0) is 4.74 Å². The van der Waals surface area contributed by atoms with Gasteiger partial charge in [0.1, 0.15) is 5.69 Å². The van der Waals surface area contributed by atoms with Gasteiger partial charge in [-0.2, -0.15) is 10.2 Å². The van der Waals surface area contributed by atoms with Crippen molar-refractivity contribution in [2.75, 3.05) is 13.7 Å². The summed E-state index contributed by atoms with van der Waals surface area (Å²) in [5.41, 5.74) is 6.58. The summed E-state index contributed by atoms with van der Waals surface area (Å²) < 4.78 is 6.94. The second-order valence-corrected chi connectivity index (χ2v) is 6.69. The summed E-state index contributed by atoms with van der Waals surface area (Å²) in [7, 11) is 1.66. The Labute approximate surface area is 170 Å². The topological polar surface area (TPSA) is 63.5 Å². The predicted octanol–water partition coefficient (Wildman–Crippen LogP) is 3.37. The highest BCUT2D eigenvalue weighted by atomic mass is 32.1. The average Bonchev–Trinajstić information content (AvgIpc) is 3.14. The molecule has 0 aliphatic carbocycles. The van der Waals surface area contributed by atoms with Crippen LogP contribution in [0.1, 0.15) is 12.5 Å². The first-order chi connectivity index (χ1) is 13.7. The van der Waals surface area contributed by atoms with Crippen molar-refractivity contribution in [1.29, 1.82) is 0 Å². The molecule has 1 aromatic heterocycles. The third-order valence-corrected chi connectivity index (χ3v) is 4.18. The molecule has 3 aromatic rings. The van der Waals surface area contributed by atoms with E-state index in [0.29, 0.717) is 11.7 Å². The van der Waals surface area contributed by atoms with Crippen LogP contribution in [-0.4, -0.2) is 40.9 Å². The maximum Gasteiger partial charge on any atom is 0.187 e.